The molecule has 0 saturated heterocycles. The minimum atomic E-state index is 0.684. The summed E-state index contributed by atoms with van der Waals surface area (Å²) in [6, 6.07) is 0. The van der Waals surface area contributed by atoms with Crippen molar-refractivity contribution in [3.05, 3.63) is 12.2 Å². The molecule has 0 bridgehead atoms. The van der Waals surface area contributed by atoms with Gasteiger partial charge in [-0.25, -0.2) is 0 Å². The molecule has 0 heterocycles. The molecule has 0 radical (unpaired) electrons. The molecule has 0 aromatic carbocycles. The molecule has 0 N–H and O–H groups in total. The SMILES string of the molecule is C=C(C(C)C)C1CC1C(C)C. The molecule has 1 fully saturated rings. The van der Waals surface area contributed by atoms with Crippen molar-refractivity contribution in [1.29, 1.82) is 0 Å². The lowest BCUT2D eigenvalue weighted by atomic mass is 9.96. The summed E-state index contributed by atoms with van der Waals surface area (Å²) in [5.74, 6) is 3.35. The van der Waals surface area contributed by atoms with E-state index in [2.05, 4.69) is 34.3 Å². The summed E-state index contributed by atoms with van der Waals surface area (Å²) >= 11 is 0. The molecule has 0 aromatic heterocycles. The molecular weight excluding hydrogens is 132 g/mol. The molecule has 64 valence electrons. The van der Waals surface area contributed by atoms with Crippen molar-refractivity contribution in [3.8, 4) is 0 Å². The normalized spacial score (nSPS) is 29.6. The van der Waals surface area contributed by atoms with E-state index in [1.165, 1.54) is 12.0 Å². The van der Waals surface area contributed by atoms with E-state index >= 15 is 0 Å². The molecule has 1 rings (SSSR count). The lowest BCUT2D eigenvalue weighted by Crippen LogP contribution is -1.99. The second-order valence-corrected chi connectivity index (χ2v) is 4.48. The van der Waals surface area contributed by atoms with Gasteiger partial charge >= 0.3 is 0 Å². The maximum absolute atomic E-state index is 4.15. The van der Waals surface area contributed by atoms with Gasteiger partial charge in [0.2, 0.25) is 0 Å². The zero-order chi connectivity index (χ0) is 8.59. The highest BCUT2D eigenvalue weighted by atomic mass is 14.5. The largest absolute Gasteiger partial charge is 0.0993 e. The third-order valence-corrected chi connectivity index (χ3v) is 2.91. The van der Waals surface area contributed by atoms with Gasteiger partial charge in [-0.15, -0.1) is 0 Å². The van der Waals surface area contributed by atoms with Crippen LogP contribution in [-0.4, -0.2) is 0 Å². The van der Waals surface area contributed by atoms with E-state index in [0.717, 1.165) is 17.8 Å². The molecule has 0 aliphatic heterocycles. The van der Waals surface area contributed by atoms with Gasteiger partial charge in [0.1, 0.15) is 0 Å². The number of rotatable bonds is 3. The molecule has 2 atom stereocenters. The standard InChI is InChI=1S/C11H20/c1-7(2)9(5)11-6-10(11)8(3)4/h7-8,10-11H,5-6H2,1-4H3. The maximum atomic E-state index is 4.15. The molecule has 2 unspecified atom stereocenters. The predicted octanol–water partition coefficient (Wildman–Crippen LogP) is 3.49. The van der Waals surface area contributed by atoms with Crippen LogP contribution in [0.2, 0.25) is 0 Å². The molecule has 0 amide bonds. The molecular formula is C11H20. The Labute approximate surface area is 70.7 Å². The minimum Gasteiger partial charge on any atom is -0.0993 e. The molecule has 0 heteroatoms. The average molecular weight is 152 g/mol. The lowest BCUT2D eigenvalue weighted by Gasteiger charge is -2.09. The molecule has 0 nitrogen and oxygen atoms in total. The van der Waals surface area contributed by atoms with Gasteiger partial charge in [0, 0.05) is 0 Å². The zero-order valence-corrected chi connectivity index (χ0v) is 8.22. The van der Waals surface area contributed by atoms with Crippen LogP contribution in [0.25, 0.3) is 0 Å². The summed E-state index contributed by atoms with van der Waals surface area (Å²) in [7, 11) is 0. The molecule has 0 aromatic rings. The van der Waals surface area contributed by atoms with E-state index < -0.39 is 0 Å². The Balaban J connectivity index is 2.38. The second kappa shape index (κ2) is 3.00. The summed E-state index contributed by atoms with van der Waals surface area (Å²) in [6.07, 6.45) is 1.40. The molecule has 1 aliphatic rings. The predicted molar refractivity (Wildman–Crippen MR) is 50.4 cm³/mol. The Morgan fingerprint density at radius 3 is 2.09 bits per heavy atom. The molecule has 11 heavy (non-hydrogen) atoms. The van der Waals surface area contributed by atoms with Crippen molar-refractivity contribution in [2.24, 2.45) is 23.7 Å². The minimum absolute atomic E-state index is 0.684. The van der Waals surface area contributed by atoms with Gasteiger partial charge in [0.15, 0.2) is 0 Å². The first-order chi connectivity index (χ1) is 5.04. The maximum Gasteiger partial charge on any atom is -0.0169 e. The van der Waals surface area contributed by atoms with Gasteiger partial charge < -0.3 is 0 Å². The summed E-state index contributed by atoms with van der Waals surface area (Å²) in [5.41, 5.74) is 1.48. The fraction of sp³-hybridized carbons (Fsp3) is 0.818. The van der Waals surface area contributed by atoms with Gasteiger partial charge in [-0.2, -0.15) is 0 Å². The smallest absolute Gasteiger partial charge is 0.0169 e. The molecule has 0 spiro atoms. The number of allylic oxidation sites excluding steroid dienone is 1. The second-order valence-electron chi connectivity index (χ2n) is 4.48. The highest BCUT2D eigenvalue weighted by Crippen LogP contribution is 2.49. The highest BCUT2D eigenvalue weighted by molar-refractivity contribution is 5.14. The quantitative estimate of drug-likeness (QED) is 0.543. The Hall–Kier alpha value is -0.260. The van der Waals surface area contributed by atoms with Gasteiger partial charge in [-0.3, -0.25) is 0 Å². The molecule has 1 saturated carbocycles. The Kier molecular flexibility index (Phi) is 2.41. The van der Waals surface area contributed by atoms with Gasteiger partial charge in [-0.05, 0) is 30.1 Å². The van der Waals surface area contributed by atoms with E-state index in [9.17, 15) is 0 Å². The van der Waals surface area contributed by atoms with Crippen LogP contribution in [0.5, 0.6) is 0 Å². The van der Waals surface area contributed by atoms with Crippen LogP contribution in [0.3, 0.4) is 0 Å². The van der Waals surface area contributed by atoms with Gasteiger partial charge in [0.05, 0.1) is 0 Å². The number of hydrogen-bond donors (Lipinski definition) is 0. The number of hydrogen-bond acceptors (Lipinski definition) is 0. The van der Waals surface area contributed by atoms with Crippen LogP contribution in [-0.2, 0) is 0 Å². The van der Waals surface area contributed by atoms with Crippen molar-refractivity contribution in [2.75, 3.05) is 0 Å². The Bertz CT molecular complexity index is 153. The zero-order valence-electron chi connectivity index (χ0n) is 8.22. The van der Waals surface area contributed by atoms with Crippen LogP contribution >= 0.6 is 0 Å². The van der Waals surface area contributed by atoms with Crippen molar-refractivity contribution < 1.29 is 0 Å². The van der Waals surface area contributed by atoms with E-state index in [1.807, 2.05) is 0 Å². The summed E-state index contributed by atoms with van der Waals surface area (Å²) in [4.78, 5) is 0. The van der Waals surface area contributed by atoms with E-state index in [-0.39, 0.29) is 0 Å². The van der Waals surface area contributed by atoms with Crippen molar-refractivity contribution >= 4 is 0 Å². The lowest BCUT2D eigenvalue weighted by molar-refractivity contribution is 0.523. The van der Waals surface area contributed by atoms with E-state index in [1.54, 1.807) is 0 Å². The van der Waals surface area contributed by atoms with Crippen LogP contribution in [0.15, 0.2) is 12.2 Å². The first kappa shape index (κ1) is 8.83. The highest BCUT2D eigenvalue weighted by Gasteiger charge is 2.41. The Morgan fingerprint density at radius 1 is 1.27 bits per heavy atom. The average Bonchev–Trinajstić information content (AvgIpc) is 2.63. The summed E-state index contributed by atoms with van der Waals surface area (Å²) in [6.45, 7) is 13.3. The Morgan fingerprint density at radius 2 is 1.82 bits per heavy atom. The van der Waals surface area contributed by atoms with E-state index in [0.29, 0.717) is 5.92 Å². The van der Waals surface area contributed by atoms with Crippen molar-refractivity contribution in [1.82, 2.24) is 0 Å². The van der Waals surface area contributed by atoms with Gasteiger partial charge in [-0.1, -0.05) is 39.8 Å². The summed E-state index contributed by atoms with van der Waals surface area (Å²) in [5, 5.41) is 0. The first-order valence-electron chi connectivity index (χ1n) is 4.72. The van der Waals surface area contributed by atoms with Crippen LogP contribution in [0.1, 0.15) is 34.1 Å². The van der Waals surface area contributed by atoms with Crippen molar-refractivity contribution in [3.63, 3.8) is 0 Å². The van der Waals surface area contributed by atoms with Crippen molar-refractivity contribution in [2.45, 2.75) is 34.1 Å². The van der Waals surface area contributed by atoms with Crippen LogP contribution < -0.4 is 0 Å². The summed E-state index contributed by atoms with van der Waals surface area (Å²) < 4.78 is 0. The third kappa shape index (κ3) is 1.85. The fourth-order valence-corrected chi connectivity index (χ4v) is 1.81. The van der Waals surface area contributed by atoms with Gasteiger partial charge in [0.25, 0.3) is 0 Å². The third-order valence-electron chi connectivity index (χ3n) is 2.91. The van der Waals surface area contributed by atoms with Crippen LogP contribution in [0, 0.1) is 23.7 Å². The first-order valence-corrected chi connectivity index (χ1v) is 4.72. The topological polar surface area (TPSA) is 0 Å². The molecule has 1 aliphatic carbocycles. The van der Waals surface area contributed by atoms with E-state index in [4.69, 9.17) is 0 Å². The monoisotopic (exact) mass is 152 g/mol. The van der Waals surface area contributed by atoms with Crippen LogP contribution in [0.4, 0.5) is 0 Å². The fourth-order valence-electron chi connectivity index (χ4n) is 1.81.